The Labute approximate surface area is 120 Å². The maximum Gasteiger partial charge on any atom is 0.0474 e. The van der Waals surface area contributed by atoms with Gasteiger partial charge in [-0.1, -0.05) is 36.6 Å². The van der Waals surface area contributed by atoms with Gasteiger partial charge in [0, 0.05) is 30.3 Å². The first-order valence-corrected chi connectivity index (χ1v) is 7.45. The van der Waals surface area contributed by atoms with Crippen molar-refractivity contribution in [2.45, 2.75) is 37.8 Å². The highest BCUT2D eigenvalue weighted by molar-refractivity contribution is 6.30. The van der Waals surface area contributed by atoms with Crippen LogP contribution in [0.15, 0.2) is 24.3 Å². The van der Waals surface area contributed by atoms with Crippen molar-refractivity contribution in [1.82, 2.24) is 5.32 Å². The first kappa shape index (κ1) is 14.8. The number of aliphatic hydroxyl groups excluding tert-OH is 1. The maximum absolute atomic E-state index is 9.47. The smallest absolute Gasteiger partial charge is 0.0474 e. The third-order valence-electron chi connectivity index (χ3n) is 4.07. The molecule has 19 heavy (non-hydrogen) atoms. The minimum Gasteiger partial charge on any atom is -0.396 e. The molecule has 1 fully saturated rings. The lowest BCUT2D eigenvalue weighted by Gasteiger charge is -2.34. The van der Waals surface area contributed by atoms with E-state index in [1.165, 1.54) is 12.8 Å². The molecule has 0 heterocycles. The van der Waals surface area contributed by atoms with Crippen molar-refractivity contribution in [1.29, 1.82) is 0 Å². The van der Waals surface area contributed by atoms with Gasteiger partial charge in [0.05, 0.1) is 0 Å². The lowest BCUT2D eigenvalue weighted by molar-refractivity contribution is 0.146. The number of halogens is 1. The van der Waals surface area contributed by atoms with E-state index in [1.54, 1.807) is 0 Å². The highest BCUT2D eigenvalue weighted by atomic mass is 35.5. The molecule has 106 valence electrons. The van der Waals surface area contributed by atoms with Crippen molar-refractivity contribution < 1.29 is 5.11 Å². The number of rotatable bonds is 5. The summed E-state index contributed by atoms with van der Waals surface area (Å²) in [6, 6.07) is 8.32. The van der Waals surface area contributed by atoms with Crippen LogP contribution in [0.2, 0.25) is 5.02 Å². The molecule has 2 rings (SSSR count). The van der Waals surface area contributed by atoms with Crippen LogP contribution in [0.5, 0.6) is 0 Å². The highest BCUT2D eigenvalue weighted by Gasteiger charge is 2.26. The van der Waals surface area contributed by atoms with Crippen molar-refractivity contribution >= 4 is 11.6 Å². The van der Waals surface area contributed by atoms with Crippen molar-refractivity contribution in [3.8, 4) is 0 Å². The second-order valence-corrected chi connectivity index (χ2v) is 5.78. The van der Waals surface area contributed by atoms with Gasteiger partial charge in [0.1, 0.15) is 0 Å². The predicted octanol–water partition coefficient (Wildman–Crippen LogP) is 2.48. The Morgan fingerprint density at radius 3 is 2.58 bits per heavy atom. The number of hydrogen-bond donors (Lipinski definition) is 3. The van der Waals surface area contributed by atoms with Gasteiger partial charge in [-0.05, 0) is 36.5 Å². The summed E-state index contributed by atoms with van der Waals surface area (Å²) >= 11 is 5.91. The van der Waals surface area contributed by atoms with Crippen LogP contribution >= 0.6 is 11.6 Å². The molecule has 4 N–H and O–H groups in total. The standard InChI is InChI=1S/C15H23ClN2O/c16-13-7-5-11(6-8-13)15(9-17)18-14-4-2-1-3-12(14)10-19/h5-8,12,14-15,18-19H,1-4,9-10,17H2. The Balaban J connectivity index is 2.03. The van der Waals surface area contributed by atoms with Crippen LogP contribution in [-0.2, 0) is 0 Å². The molecule has 0 radical (unpaired) electrons. The van der Waals surface area contributed by atoms with E-state index in [-0.39, 0.29) is 12.6 Å². The van der Waals surface area contributed by atoms with E-state index in [1.807, 2.05) is 24.3 Å². The van der Waals surface area contributed by atoms with Gasteiger partial charge in [0.25, 0.3) is 0 Å². The minimum atomic E-state index is 0.134. The summed E-state index contributed by atoms with van der Waals surface area (Å²) in [7, 11) is 0. The van der Waals surface area contributed by atoms with Gasteiger partial charge in [0.15, 0.2) is 0 Å². The molecular formula is C15H23ClN2O. The van der Waals surface area contributed by atoms with Crippen molar-refractivity contribution in [3.05, 3.63) is 34.9 Å². The van der Waals surface area contributed by atoms with Gasteiger partial charge >= 0.3 is 0 Å². The van der Waals surface area contributed by atoms with E-state index in [9.17, 15) is 5.11 Å². The molecule has 4 heteroatoms. The molecule has 0 spiro atoms. The van der Waals surface area contributed by atoms with Gasteiger partial charge in [0.2, 0.25) is 0 Å². The SMILES string of the molecule is NCC(NC1CCCCC1CO)c1ccc(Cl)cc1. The lowest BCUT2D eigenvalue weighted by atomic mass is 9.84. The topological polar surface area (TPSA) is 58.3 Å². The fraction of sp³-hybridized carbons (Fsp3) is 0.600. The molecule has 1 saturated carbocycles. The average molecular weight is 283 g/mol. The monoisotopic (exact) mass is 282 g/mol. The molecule has 1 aliphatic rings. The van der Waals surface area contributed by atoms with Crippen LogP contribution < -0.4 is 11.1 Å². The number of aliphatic hydroxyl groups is 1. The highest BCUT2D eigenvalue weighted by Crippen LogP contribution is 2.26. The van der Waals surface area contributed by atoms with Gasteiger partial charge in [-0.3, -0.25) is 0 Å². The fourth-order valence-electron chi connectivity index (χ4n) is 2.90. The Morgan fingerprint density at radius 1 is 1.26 bits per heavy atom. The molecule has 0 aromatic heterocycles. The Morgan fingerprint density at radius 2 is 1.95 bits per heavy atom. The van der Waals surface area contributed by atoms with Crippen LogP contribution in [0.1, 0.15) is 37.3 Å². The molecule has 3 atom stereocenters. The first-order chi connectivity index (χ1) is 9.24. The largest absolute Gasteiger partial charge is 0.396 e. The van der Waals surface area contributed by atoms with E-state index in [0.29, 0.717) is 18.5 Å². The average Bonchev–Trinajstić information content (AvgIpc) is 2.46. The molecule has 0 amide bonds. The number of nitrogens with two attached hydrogens (primary N) is 1. The van der Waals surface area contributed by atoms with Gasteiger partial charge in [-0.2, -0.15) is 0 Å². The summed E-state index contributed by atoms with van der Waals surface area (Å²) in [5, 5.41) is 13.8. The predicted molar refractivity (Wildman–Crippen MR) is 79.2 cm³/mol. The molecule has 1 aromatic carbocycles. The summed E-state index contributed by atoms with van der Waals surface area (Å²) in [4.78, 5) is 0. The van der Waals surface area contributed by atoms with Crippen LogP contribution in [-0.4, -0.2) is 24.3 Å². The Kier molecular flexibility index (Phi) is 5.64. The van der Waals surface area contributed by atoms with Crippen molar-refractivity contribution in [2.75, 3.05) is 13.2 Å². The fourth-order valence-corrected chi connectivity index (χ4v) is 3.03. The Hall–Kier alpha value is -0.610. The molecular weight excluding hydrogens is 260 g/mol. The Bertz CT molecular complexity index is 382. The maximum atomic E-state index is 9.47. The molecule has 0 bridgehead atoms. The van der Waals surface area contributed by atoms with Crippen LogP contribution in [0, 0.1) is 5.92 Å². The van der Waals surface area contributed by atoms with E-state index in [0.717, 1.165) is 23.4 Å². The summed E-state index contributed by atoms with van der Waals surface area (Å²) in [5.41, 5.74) is 7.05. The molecule has 0 aliphatic heterocycles. The van der Waals surface area contributed by atoms with Crippen molar-refractivity contribution in [3.63, 3.8) is 0 Å². The van der Waals surface area contributed by atoms with E-state index < -0.39 is 0 Å². The zero-order valence-electron chi connectivity index (χ0n) is 11.2. The van der Waals surface area contributed by atoms with Crippen molar-refractivity contribution in [2.24, 2.45) is 11.7 Å². The quantitative estimate of drug-likeness (QED) is 0.778. The summed E-state index contributed by atoms with van der Waals surface area (Å²) in [6.07, 6.45) is 4.67. The van der Waals surface area contributed by atoms with Crippen LogP contribution in [0.25, 0.3) is 0 Å². The van der Waals surface area contributed by atoms with Gasteiger partial charge in [-0.15, -0.1) is 0 Å². The summed E-state index contributed by atoms with van der Waals surface area (Å²) in [6.45, 7) is 0.811. The number of hydrogen-bond acceptors (Lipinski definition) is 3. The van der Waals surface area contributed by atoms with Crippen LogP contribution in [0.4, 0.5) is 0 Å². The zero-order valence-corrected chi connectivity index (χ0v) is 11.9. The molecule has 0 saturated heterocycles. The second-order valence-electron chi connectivity index (χ2n) is 5.34. The second kappa shape index (κ2) is 7.25. The zero-order chi connectivity index (χ0) is 13.7. The van der Waals surface area contributed by atoms with E-state index >= 15 is 0 Å². The number of nitrogens with one attached hydrogen (secondary N) is 1. The first-order valence-electron chi connectivity index (χ1n) is 7.07. The molecule has 3 unspecified atom stereocenters. The normalized spacial score (nSPS) is 25.2. The number of benzene rings is 1. The van der Waals surface area contributed by atoms with Gasteiger partial charge < -0.3 is 16.2 Å². The third kappa shape index (κ3) is 3.93. The lowest BCUT2D eigenvalue weighted by Crippen LogP contribution is -2.44. The summed E-state index contributed by atoms with van der Waals surface area (Å²) < 4.78 is 0. The summed E-state index contributed by atoms with van der Waals surface area (Å²) in [5.74, 6) is 0.357. The van der Waals surface area contributed by atoms with Crippen LogP contribution in [0.3, 0.4) is 0 Å². The molecule has 3 nitrogen and oxygen atoms in total. The molecule has 1 aromatic rings. The van der Waals surface area contributed by atoms with E-state index in [4.69, 9.17) is 17.3 Å². The minimum absolute atomic E-state index is 0.134. The van der Waals surface area contributed by atoms with Gasteiger partial charge in [-0.25, -0.2) is 0 Å². The van der Waals surface area contributed by atoms with E-state index in [2.05, 4.69) is 5.32 Å². The molecule has 1 aliphatic carbocycles. The third-order valence-corrected chi connectivity index (χ3v) is 4.32.